The number of nitriles is 1. The molecule has 0 fully saturated rings. The summed E-state index contributed by atoms with van der Waals surface area (Å²) in [6.45, 7) is 0.413. The fraction of sp³-hybridized carbons (Fsp3) is 0.0952. The average Bonchev–Trinajstić information content (AvgIpc) is 2.66. The molecule has 3 aromatic rings. The number of primary amides is 1. The van der Waals surface area contributed by atoms with Crippen molar-refractivity contribution < 1.29 is 9.59 Å². The van der Waals surface area contributed by atoms with Crippen molar-refractivity contribution in [3.8, 4) is 6.07 Å². The predicted molar refractivity (Wildman–Crippen MR) is 99.4 cm³/mol. The highest BCUT2D eigenvalue weighted by Gasteiger charge is 2.17. The summed E-state index contributed by atoms with van der Waals surface area (Å²) in [5, 5.41) is 10.2. The minimum atomic E-state index is -0.522. The number of carbonyl (C=O) groups excluding carboxylic acids is 2. The van der Waals surface area contributed by atoms with Gasteiger partial charge in [-0.2, -0.15) is 5.26 Å². The molecule has 0 spiro atoms. The van der Waals surface area contributed by atoms with Gasteiger partial charge in [0.15, 0.2) is 0 Å². The Labute approximate surface area is 151 Å². The number of rotatable bonds is 4. The number of hydrogen-bond donors (Lipinski definition) is 1. The van der Waals surface area contributed by atoms with Gasteiger partial charge in [0.25, 0.3) is 5.91 Å². The van der Waals surface area contributed by atoms with Crippen LogP contribution in [0, 0.1) is 11.3 Å². The molecular weight excluding hydrogens is 326 g/mol. The van der Waals surface area contributed by atoms with Crippen LogP contribution in [-0.4, -0.2) is 23.8 Å². The van der Waals surface area contributed by atoms with Gasteiger partial charge < -0.3 is 10.6 Å². The van der Waals surface area contributed by atoms with Crippen LogP contribution in [0.1, 0.15) is 31.8 Å². The summed E-state index contributed by atoms with van der Waals surface area (Å²) in [6.07, 6.45) is 0. The monoisotopic (exact) mass is 343 g/mol. The van der Waals surface area contributed by atoms with E-state index < -0.39 is 5.91 Å². The summed E-state index contributed by atoms with van der Waals surface area (Å²) >= 11 is 0. The maximum Gasteiger partial charge on any atom is 0.254 e. The molecule has 0 radical (unpaired) electrons. The number of amides is 2. The third kappa shape index (κ3) is 3.26. The van der Waals surface area contributed by atoms with E-state index in [9.17, 15) is 9.59 Å². The van der Waals surface area contributed by atoms with E-state index in [4.69, 9.17) is 11.0 Å². The van der Waals surface area contributed by atoms with Crippen LogP contribution in [-0.2, 0) is 6.54 Å². The van der Waals surface area contributed by atoms with Crippen molar-refractivity contribution in [2.75, 3.05) is 7.05 Å². The lowest BCUT2D eigenvalue weighted by Crippen LogP contribution is -2.26. The second-order valence-electron chi connectivity index (χ2n) is 6.04. The highest BCUT2D eigenvalue weighted by molar-refractivity contribution is 6.13. The van der Waals surface area contributed by atoms with Crippen molar-refractivity contribution in [1.29, 1.82) is 5.26 Å². The van der Waals surface area contributed by atoms with E-state index in [1.54, 1.807) is 54.4 Å². The zero-order chi connectivity index (χ0) is 18.7. The molecule has 0 saturated heterocycles. The Balaban J connectivity index is 1.92. The van der Waals surface area contributed by atoms with Crippen molar-refractivity contribution in [2.24, 2.45) is 5.73 Å². The highest BCUT2D eigenvalue weighted by Crippen LogP contribution is 2.24. The average molecular weight is 343 g/mol. The first-order chi connectivity index (χ1) is 12.5. The molecule has 128 valence electrons. The summed E-state index contributed by atoms with van der Waals surface area (Å²) in [6, 6.07) is 19.6. The second-order valence-corrected chi connectivity index (χ2v) is 6.04. The Morgan fingerprint density at radius 2 is 1.54 bits per heavy atom. The fourth-order valence-corrected chi connectivity index (χ4v) is 2.95. The number of carbonyl (C=O) groups is 2. The molecule has 0 aliphatic carbocycles. The van der Waals surface area contributed by atoms with Crippen LogP contribution in [0.4, 0.5) is 0 Å². The summed E-state index contributed by atoms with van der Waals surface area (Å²) in [7, 11) is 1.72. The van der Waals surface area contributed by atoms with Gasteiger partial charge in [0, 0.05) is 24.7 Å². The summed E-state index contributed by atoms with van der Waals surface area (Å²) in [4.78, 5) is 26.2. The van der Waals surface area contributed by atoms with E-state index in [-0.39, 0.29) is 5.91 Å². The Bertz CT molecular complexity index is 1030. The van der Waals surface area contributed by atoms with Gasteiger partial charge in [-0.15, -0.1) is 0 Å². The second kappa shape index (κ2) is 7.08. The van der Waals surface area contributed by atoms with Gasteiger partial charge in [-0.1, -0.05) is 36.4 Å². The molecule has 3 aromatic carbocycles. The van der Waals surface area contributed by atoms with Crippen LogP contribution < -0.4 is 5.73 Å². The van der Waals surface area contributed by atoms with Gasteiger partial charge in [0.1, 0.15) is 0 Å². The highest BCUT2D eigenvalue weighted by atomic mass is 16.2. The van der Waals surface area contributed by atoms with Gasteiger partial charge in [-0.05, 0) is 40.6 Å². The zero-order valence-electron chi connectivity index (χ0n) is 14.3. The molecule has 0 bridgehead atoms. The van der Waals surface area contributed by atoms with Crippen LogP contribution >= 0.6 is 0 Å². The minimum Gasteiger partial charge on any atom is -0.366 e. The fourth-order valence-electron chi connectivity index (χ4n) is 2.95. The smallest absolute Gasteiger partial charge is 0.254 e. The van der Waals surface area contributed by atoms with E-state index in [1.807, 2.05) is 18.2 Å². The molecule has 0 unspecified atom stereocenters. The van der Waals surface area contributed by atoms with Crippen molar-refractivity contribution in [3.05, 3.63) is 82.9 Å². The van der Waals surface area contributed by atoms with Crippen LogP contribution in [0.5, 0.6) is 0 Å². The minimum absolute atomic E-state index is 0.151. The van der Waals surface area contributed by atoms with Gasteiger partial charge in [0.05, 0.1) is 11.6 Å². The molecule has 0 aromatic heterocycles. The van der Waals surface area contributed by atoms with Gasteiger partial charge in [0.2, 0.25) is 5.91 Å². The molecule has 26 heavy (non-hydrogen) atoms. The molecule has 2 N–H and O–H groups in total. The number of hydrogen-bond acceptors (Lipinski definition) is 3. The van der Waals surface area contributed by atoms with Crippen molar-refractivity contribution >= 4 is 22.6 Å². The Morgan fingerprint density at radius 1 is 0.962 bits per heavy atom. The van der Waals surface area contributed by atoms with E-state index in [0.29, 0.717) is 34.0 Å². The SMILES string of the molecule is CN(Cc1ccc(C#N)cc1)C(=O)c1cccc2c(C(N)=O)cccc12. The molecule has 2 amide bonds. The summed E-state index contributed by atoms with van der Waals surface area (Å²) in [5.74, 6) is -0.673. The Morgan fingerprint density at radius 3 is 2.12 bits per heavy atom. The number of nitrogens with two attached hydrogens (primary N) is 1. The first-order valence-corrected chi connectivity index (χ1v) is 8.07. The molecule has 5 heteroatoms. The van der Waals surface area contributed by atoms with Crippen molar-refractivity contribution in [2.45, 2.75) is 6.54 Å². The van der Waals surface area contributed by atoms with Crippen LogP contribution in [0.2, 0.25) is 0 Å². The molecule has 0 heterocycles. The number of nitrogens with zero attached hydrogens (tertiary/aromatic N) is 2. The largest absolute Gasteiger partial charge is 0.366 e. The van der Waals surface area contributed by atoms with E-state index >= 15 is 0 Å². The van der Waals surface area contributed by atoms with E-state index in [0.717, 1.165) is 5.56 Å². The maximum absolute atomic E-state index is 12.9. The third-order valence-electron chi connectivity index (χ3n) is 4.27. The number of fused-ring (bicyclic) bond motifs is 1. The lowest BCUT2D eigenvalue weighted by Gasteiger charge is -2.19. The van der Waals surface area contributed by atoms with Crippen molar-refractivity contribution in [1.82, 2.24) is 4.90 Å². The molecule has 0 saturated carbocycles. The molecule has 0 aliphatic heterocycles. The van der Waals surface area contributed by atoms with Crippen LogP contribution in [0.25, 0.3) is 10.8 Å². The molecular formula is C21H17N3O2. The summed E-state index contributed by atoms with van der Waals surface area (Å²) in [5.41, 5.74) is 7.85. The van der Waals surface area contributed by atoms with Crippen LogP contribution in [0.3, 0.4) is 0 Å². The molecule has 0 aliphatic rings. The first-order valence-electron chi connectivity index (χ1n) is 8.07. The normalized spacial score (nSPS) is 10.3. The van der Waals surface area contributed by atoms with Crippen LogP contribution in [0.15, 0.2) is 60.7 Å². The predicted octanol–water partition coefficient (Wildman–Crippen LogP) is 3.08. The molecule has 3 rings (SSSR count). The quantitative estimate of drug-likeness (QED) is 0.789. The zero-order valence-corrected chi connectivity index (χ0v) is 14.3. The number of benzene rings is 3. The topological polar surface area (TPSA) is 87.2 Å². The van der Waals surface area contributed by atoms with E-state index in [1.165, 1.54) is 0 Å². The van der Waals surface area contributed by atoms with Gasteiger partial charge >= 0.3 is 0 Å². The Hall–Kier alpha value is -3.65. The molecule has 5 nitrogen and oxygen atoms in total. The van der Waals surface area contributed by atoms with Gasteiger partial charge in [-0.3, -0.25) is 9.59 Å². The van der Waals surface area contributed by atoms with Gasteiger partial charge in [-0.25, -0.2) is 0 Å². The lowest BCUT2D eigenvalue weighted by molar-refractivity contribution is 0.0786. The summed E-state index contributed by atoms with van der Waals surface area (Å²) < 4.78 is 0. The lowest BCUT2D eigenvalue weighted by atomic mass is 9.99. The first kappa shape index (κ1) is 17.2. The van der Waals surface area contributed by atoms with Crippen molar-refractivity contribution in [3.63, 3.8) is 0 Å². The third-order valence-corrected chi connectivity index (χ3v) is 4.27. The maximum atomic E-state index is 12.9. The standard InChI is InChI=1S/C21H17N3O2/c1-24(13-15-10-8-14(12-22)9-11-15)21(26)19-7-3-4-16-17(19)5-2-6-18(16)20(23)25/h2-11H,13H2,1H3,(H2,23,25). The van der Waals surface area contributed by atoms with E-state index in [2.05, 4.69) is 6.07 Å². The Kier molecular flexibility index (Phi) is 4.68. The molecule has 0 atom stereocenters.